The van der Waals surface area contributed by atoms with E-state index in [2.05, 4.69) is 6.92 Å². The van der Waals surface area contributed by atoms with E-state index >= 15 is 0 Å². The van der Waals surface area contributed by atoms with Crippen LogP contribution in [-0.4, -0.2) is 18.3 Å². The van der Waals surface area contributed by atoms with Crippen molar-refractivity contribution < 1.29 is 9.84 Å². The first-order valence-corrected chi connectivity index (χ1v) is 5.13. The molecule has 0 bridgehead atoms. The molecule has 78 valence electrons. The zero-order valence-corrected chi connectivity index (χ0v) is 8.70. The maximum absolute atomic E-state index is 8.57. The smallest absolute Gasteiger partial charge is 0.119 e. The van der Waals surface area contributed by atoms with Gasteiger partial charge in [-0.15, -0.1) is 0 Å². The molecule has 0 heterocycles. The van der Waals surface area contributed by atoms with E-state index in [0.717, 1.165) is 31.6 Å². The summed E-state index contributed by atoms with van der Waals surface area (Å²) in [4.78, 5) is 0. The largest absolute Gasteiger partial charge is 0.494 e. The lowest BCUT2D eigenvalue weighted by molar-refractivity contribution is 0.266. The zero-order valence-electron chi connectivity index (χ0n) is 8.70. The molecular formula is C12H18O2. The van der Waals surface area contributed by atoms with Crippen molar-refractivity contribution in [1.82, 2.24) is 0 Å². The second-order valence-corrected chi connectivity index (χ2v) is 3.45. The molecule has 1 N–H and O–H groups in total. The number of aryl methyl sites for hydroxylation is 1. The molecule has 1 aromatic rings. The SMILES string of the molecule is Cc1ccc(OCCCCCO)cc1. The Bertz CT molecular complexity index is 241. The average Bonchev–Trinajstić information content (AvgIpc) is 2.21. The van der Waals surface area contributed by atoms with E-state index in [1.165, 1.54) is 5.56 Å². The molecule has 0 saturated carbocycles. The minimum atomic E-state index is 0.282. The van der Waals surface area contributed by atoms with Crippen molar-refractivity contribution >= 4 is 0 Å². The molecule has 14 heavy (non-hydrogen) atoms. The van der Waals surface area contributed by atoms with E-state index in [0.29, 0.717) is 0 Å². The van der Waals surface area contributed by atoms with Gasteiger partial charge in [-0.05, 0) is 38.3 Å². The van der Waals surface area contributed by atoms with Gasteiger partial charge in [0.25, 0.3) is 0 Å². The van der Waals surface area contributed by atoms with E-state index in [9.17, 15) is 0 Å². The molecule has 2 heteroatoms. The molecule has 0 unspecified atom stereocenters. The summed E-state index contributed by atoms with van der Waals surface area (Å²) < 4.78 is 5.53. The summed E-state index contributed by atoms with van der Waals surface area (Å²) in [5.74, 6) is 0.930. The van der Waals surface area contributed by atoms with Crippen LogP contribution in [0.4, 0.5) is 0 Å². The number of hydrogen-bond acceptors (Lipinski definition) is 2. The van der Waals surface area contributed by atoms with Gasteiger partial charge in [-0.25, -0.2) is 0 Å². The van der Waals surface area contributed by atoms with Gasteiger partial charge in [0.1, 0.15) is 5.75 Å². The third kappa shape index (κ3) is 4.28. The van der Waals surface area contributed by atoms with Gasteiger partial charge in [-0.2, -0.15) is 0 Å². The number of benzene rings is 1. The lowest BCUT2D eigenvalue weighted by Gasteiger charge is -2.05. The van der Waals surface area contributed by atoms with Crippen molar-refractivity contribution in [3.63, 3.8) is 0 Å². The van der Waals surface area contributed by atoms with E-state index in [-0.39, 0.29) is 6.61 Å². The number of ether oxygens (including phenoxy) is 1. The number of aliphatic hydroxyl groups is 1. The van der Waals surface area contributed by atoms with Crippen LogP contribution in [0.25, 0.3) is 0 Å². The molecular weight excluding hydrogens is 176 g/mol. The van der Waals surface area contributed by atoms with Gasteiger partial charge < -0.3 is 9.84 Å². The van der Waals surface area contributed by atoms with Crippen LogP contribution in [0.5, 0.6) is 5.75 Å². The normalized spacial score (nSPS) is 10.1. The van der Waals surface area contributed by atoms with Gasteiger partial charge in [0.15, 0.2) is 0 Å². The fourth-order valence-electron chi connectivity index (χ4n) is 1.22. The Hall–Kier alpha value is -1.02. The standard InChI is InChI=1S/C12H18O2/c1-11-5-7-12(8-6-11)14-10-4-2-3-9-13/h5-8,13H,2-4,9-10H2,1H3. The van der Waals surface area contributed by atoms with E-state index in [1.807, 2.05) is 24.3 Å². The van der Waals surface area contributed by atoms with Crippen LogP contribution in [-0.2, 0) is 0 Å². The second kappa shape index (κ2) is 6.44. The number of hydrogen-bond donors (Lipinski definition) is 1. The Balaban J connectivity index is 2.15. The lowest BCUT2D eigenvalue weighted by Crippen LogP contribution is -1.97. The number of aliphatic hydroxyl groups excluding tert-OH is 1. The van der Waals surface area contributed by atoms with Gasteiger partial charge in [0.05, 0.1) is 6.61 Å². The molecule has 0 spiro atoms. The Morgan fingerprint density at radius 2 is 1.79 bits per heavy atom. The van der Waals surface area contributed by atoms with Crippen LogP contribution in [0.2, 0.25) is 0 Å². The molecule has 0 fully saturated rings. The van der Waals surface area contributed by atoms with Crippen LogP contribution in [0.3, 0.4) is 0 Å². The highest BCUT2D eigenvalue weighted by Crippen LogP contribution is 2.11. The molecule has 0 aromatic heterocycles. The third-order valence-corrected chi connectivity index (χ3v) is 2.09. The summed E-state index contributed by atoms with van der Waals surface area (Å²) in [6, 6.07) is 8.06. The Morgan fingerprint density at radius 3 is 2.43 bits per heavy atom. The second-order valence-electron chi connectivity index (χ2n) is 3.45. The average molecular weight is 194 g/mol. The molecule has 0 saturated heterocycles. The van der Waals surface area contributed by atoms with Crippen molar-refractivity contribution in [3.05, 3.63) is 29.8 Å². The summed E-state index contributed by atoms with van der Waals surface area (Å²) in [6.45, 7) is 3.08. The number of unbranched alkanes of at least 4 members (excludes halogenated alkanes) is 2. The third-order valence-electron chi connectivity index (χ3n) is 2.09. The maximum Gasteiger partial charge on any atom is 0.119 e. The summed E-state index contributed by atoms with van der Waals surface area (Å²) >= 11 is 0. The van der Waals surface area contributed by atoms with Crippen molar-refractivity contribution in [3.8, 4) is 5.75 Å². The van der Waals surface area contributed by atoms with E-state index in [4.69, 9.17) is 9.84 Å². The predicted octanol–water partition coefficient (Wildman–Crippen LogP) is 2.54. The van der Waals surface area contributed by atoms with E-state index in [1.54, 1.807) is 0 Å². The van der Waals surface area contributed by atoms with Gasteiger partial charge in [-0.3, -0.25) is 0 Å². The molecule has 0 aliphatic heterocycles. The molecule has 2 nitrogen and oxygen atoms in total. The van der Waals surface area contributed by atoms with Gasteiger partial charge in [0.2, 0.25) is 0 Å². The molecule has 0 aliphatic rings. The molecule has 0 amide bonds. The first-order chi connectivity index (χ1) is 6.83. The van der Waals surface area contributed by atoms with Gasteiger partial charge >= 0.3 is 0 Å². The minimum Gasteiger partial charge on any atom is -0.494 e. The fourth-order valence-corrected chi connectivity index (χ4v) is 1.22. The van der Waals surface area contributed by atoms with Gasteiger partial charge in [-0.1, -0.05) is 17.7 Å². The molecule has 1 rings (SSSR count). The van der Waals surface area contributed by atoms with Crippen molar-refractivity contribution in [2.45, 2.75) is 26.2 Å². The van der Waals surface area contributed by atoms with Gasteiger partial charge in [0, 0.05) is 6.61 Å². The summed E-state index contributed by atoms with van der Waals surface area (Å²) in [6.07, 6.45) is 2.91. The first-order valence-electron chi connectivity index (χ1n) is 5.13. The Kier molecular flexibility index (Phi) is 5.08. The highest BCUT2D eigenvalue weighted by molar-refractivity contribution is 5.26. The highest BCUT2D eigenvalue weighted by Gasteiger charge is 1.92. The molecule has 1 aromatic carbocycles. The summed E-state index contributed by atoms with van der Waals surface area (Å²) in [5, 5.41) is 8.57. The fraction of sp³-hybridized carbons (Fsp3) is 0.500. The maximum atomic E-state index is 8.57. The van der Waals surface area contributed by atoms with Crippen molar-refractivity contribution in [2.75, 3.05) is 13.2 Å². The van der Waals surface area contributed by atoms with Crippen LogP contribution >= 0.6 is 0 Å². The first kappa shape index (κ1) is 11.1. The Morgan fingerprint density at radius 1 is 1.07 bits per heavy atom. The monoisotopic (exact) mass is 194 g/mol. The topological polar surface area (TPSA) is 29.5 Å². The van der Waals surface area contributed by atoms with Crippen molar-refractivity contribution in [1.29, 1.82) is 0 Å². The highest BCUT2D eigenvalue weighted by atomic mass is 16.5. The van der Waals surface area contributed by atoms with Crippen LogP contribution < -0.4 is 4.74 Å². The molecule has 0 radical (unpaired) electrons. The van der Waals surface area contributed by atoms with Crippen LogP contribution in [0.15, 0.2) is 24.3 Å². The number of rotatable bonds is 6. The Labute approximate surface area is 85.5 Å². The predicted molar refractivity (Wildman–Crippen MR) is 57.6 cm³/mol. The van der Waals surface area contributed by atoms with Crippen molar-refractivity contribution in [2.24, 2.45) is 0 Å². The molecule has 0 aliphatic carbocycles. The van der Waals surface area contributed by atoms with Crippen LogP contribution in [0.1, 0.15) is 24.8 Å². The quantitative estimate of drug-likeness (QED) is 0.705. The zero-order chi connectivity index (χ0) is 10.2. The molecule has 0 atom stereocenters. The van der Waals surface area contributed by atoms with E-state index < -0.39 is 0 Å². The minimum absolute atomic E-state index is 0.282. The summed E-state index contributed by atoms with van der Waals surface area (Å²) in [5.41, 5.74) is 1.25. The summed E-state index contributed by atoms with van der Waals surface area (Å²) in [7, 11) is 0. The lowest BCUT2D eigenvalue weighted by atomic mass is 10.2. The van der Waals surface area contributed by atoms with Crippen LogP contribution in [0, 0.1) is 6.92 Å².